The number of rotatable bonds is 10. The lowest BCUT2D eigenvalue weighted by Crippen LogP contribution is -2.43. The van der Waals surface area contributed by atoms with Crippen LogP contribution in [0, 0.1) is 5.92 Å². The molecule has 1 aromatic rings. The fourth-order valence-corrected chi connectivity index (χ4v) is 4.16. The van der Waals surface area contributed by atoms with Gasteiger partial charge in [-0.1, -0.05) is 31.5 Å². The lowest BCUT2D eigenvalue weighted by Gasteiger charge is -2.30. The lowest BCUT2D eigenvalue weighted by atomic mass is 10.0. The number of benzene rings is 1. The van der Waals surface area contributed by atoms with E-state index in [4.69, 9.17) is 16.3 Å². The zero-order valence-corrected chi connectivity index (χ0v) is 16.8. The average molecular weight is 404 g/mol. The molecule has 0 radical (unpaired) electrons. The van der Waals surface area contributed by atoms with E-state index in [9.17, 15) is 18.3 Å². The van der Waals surface area contributed by atoms with Gasteiger partial charge in [0.15, 0.2) is 0 Å². The van der Waals surface area contributed by atoms with Crippen LogP contribution in [0.5, 0.6) is 0 Å². The van der Waals surface area contributed by atoms with Crippen molar-refractivity contribution in [2.45, 2.75) is 38.1 Å². The summed E-state index contributed by atoms with van der Waals surface area (Å²) in [5, 5.41) is 10.2. The fraction of sp³-hybridized carbons (Fsp3) is 0.500. The molecule has 1 N–H and O–H groups in total. The van der Waals surface area contributed by atoms with Crippen LogP contribution < -0.4 is 0 Å². The van der Waals surface area contributed by atoms with Gasteiger partial charge in [-0.3, -0.25) is 0 Å². The van der Waals surface area contributed by atoms with Crippen LogP contribution in [0.4, 0.5) is 0 Å². The zero-order valence-electron chi connectivity index (χ0n) is 15.3. The van der Waals surface area contributed by atoms with E-state index < -0.39 is 22.0 Å². The van der Waals surface area contributed by atoms with Crippen LogP contribution in [0.1, 0.15) is 27.2 Å². The van der Waals surface area contributed by atoms with Crippen molar-refractivity contribution in [2.24, 2.45) is 5.92 Å². The second kappa shape index (κ2) is 10.7. The van der Waals surface area contributed by atoms with Crippen LogP contribution in [0.3, 0.4) is 0 Å². The van der Waals surface area contributed by atoms with Gasteiger partial charge in [-0.25, -0.2) is 13.2 Å². The molecule has 8 heteroatoms. The minimum atomic E-state index is -3.87. The number of halogens is 1. The van der Waals surface area contributed by atoms with Crippen molar-refractivity contribution in [3.8, 4) is 0 Å². The first kappa shape index (κ1) is 22.6. The summed E-state index contributed by atoms with van der Waals surface area (Å²) in [6, 6.07) is 5.23. The zero-order chi connectivity index (χ0) is 19.7. The predicted octanol–water partition coefficient (Wildman–Crippen LogP) is 2.86. The highest BCUT2D eigenvalue weighted by molar-refractivity contribution is 7.89. The molecule has 0 aliphatic carbocycles. The predicted molar refractivity (Wildman–Crippen MR) is 101 cm³/mol. The van der Waals surface area contributed by atoms with E-state index in [1.165, 1.54) is 40.7 Å². The number of sulfonamides is 1. The van der Waals surface area contributed by atoms with Crippen LogP contribution in [-0.4, -0.2) is 49.6 Å². The van der Waals surface area contributed by atoms with Crippen molar-refractivity contribution < 1.29 is 23.1 Å². The molecule has 0 aliphatic rings. The Bertz CT molecular complexity index is 701. The molecule has 1 aromatic carbocycles. The number of carbonyl (C=O) groups excluding carboxylic acids is 1. The molecule has 146 valence electrons. The van der Waals surface area contributed by atoms with E-state index in [2.05, 4.69) is 0 Å². The fourth-order valence-electron chi connectivity index (χ4n) is 2.46. The van der Waals surface area contributed by atoms with Gasteiger partial charge in [-0.2, -0.15) is 4.31 Å². The molecule has 0 aromatic heterocycles. The summed E-state index contributed by atoms with van der Waals surface area (Å²) in [4.78, 5) is 11.5. The molecule has 0 amide bonds. The maximum Gasteiger partial charge on any atom is 0.330 e. The Labute approximate surface area is 160 Å². The average Bonchev–Trinajstić information content (AvgIpc) is 2.57. The first-order valence-electron chi connectivity index (χ1n) is 8.43. The topological polar surface area (TPSA) is 83.9 Å². The number of hydrogen-bond donors (Lipinski definition) is 1. The Kier molecular flexibility index (Phi) is 9.29. The number of aliphatic hydroxyl groups excluding tert-OH is 1. The second-order valence-corrected chi connectivity index (χ2v) is 8.48. The van der Waals surface area contributed by atoms with Gasteiger partial charge >= 0.3 is 5.97 Å². The largest absolute Gasteiger partial charge is 0.463 e. The van der Waals surface area contributed by atoms with E-state index >= 15 is 0 Å². The molecule has 0 saturated carbocycles. The van der Waals surface area contributed by atoms with Gasteiger partial charge in [-0.15, -0.1) is 0 Å². The highest BCUT2D eigenvalue weighted by Gasteiger charge is 2.30. The molecule has 1 rings (SSSR count). The van der Waals surface area contributed by atoms with Gasteiger partial charge < -0.3 is 9.84 Å². The molecule has 0 spiro atoms. The molecule has 26 heavy (non-hydrogen) atoms. The number of ether oxygens (including phenoxy) is 1. The van der Waals surface area contributed by atoms with Gasteiger partial charge in [-0.05, 0) is 43.5 Å². The molecular weight excluding hydrogens is 378 g/mol. The summed E-state index contributed by atoms with van der Waals surface area (Å²) in [7, 11) is -3.87. The van der Waals surface area contributed by atoms with Crippen LogP contribution in [0.25, 0.3) is 0 Å². The quantitative estimate of drug-likeness (QED) is 0.479. The summed E-state index contributed by atoms with van der Waals surface area (Å²) in [5.74, 6) is -0.357. The summed E-state index contributed by atoms with van der Waals surface area (Å²) >= 11 is 5.84. The molecule has 0 bridgehead atoms. The lowest BCUT2D eigenvalue weighted by molar-refractivity contribution is -0.137. The van der Waals surface area contributed by atoms with Gasteiger partial charge in [0.2, 0.25) is 10.0 Å². The summed E-state index contributed by atoms with van der Waals surface area (Å²) in [5.41, 5.74) is 0. The molecule has 1 atom stereocenters. The third-order valence-corrected chi connectivity index (χ3v) is 5.79. The first-order chi connectivity index (χ1) is 12.2. The van der Waals surface area contributed by atoms with Crippen LogP contribution in [0.2, 0.25) is 5.02 Å². The van der Waals surface area contributed by atoms with Crippen molar-refractivity contribution >= 4 is 27.6 Å². The van der Waals surface area contributed by atoms with Crippen LogP contribution in [-0.2, 0) is 19.6 Å². The monoisotopic (exact) mass is 403 g/mol. The Balaban J connectivity index is 3.16. The van der Waals surface area contributed by atoms with E-state index in [1.807, 2.05) is 13.8 Å². The van der Waals surface area contributed by atoms with Gasteiger partial charge in [0.25, 0.3) is 0 Å². The van der Waals surface area contributed by atoms with Crippen molar-refractivity contribution in [2.75, 3.05) is 19.8 Å². The summed E-state index contributed by atoms with van der Waals surface area (Å²) < 4.78 is 32.1. The molecule has 0 fully saturated rings. The minimum absolute atomic E-state index is 0.0538. The SMILES string of the molecule is CCOC(=O)/C=C/CN([C@@H](CO)CC(C)C)S(=O)(=O)c1ccc(Cl)cc1. The van der Waals surface area contributed by atoms with Crippen molar-refractivity contribution in [3.63, 3.8) is 0 Å². The molecule has 0 saturated heterocycles. The third-order valence-electron chi connectivity index (χ3n) is 3.61. The van der Waals surface area contributed by atoms with Gasteiger partial charge in [0.1, 0.15) is 0 Å². The normalized spacial score (nSPS) is 13.5. The van der Waals surface area contributed by atoms with E-state index in [0.717, 1.165) is 0 Å². The first-order valence-corrected chi connectivity index (χ1v) is 10.3. The maximum absolute atomic E-state index is 13.0. The Hall–Kier alpha value is -1.41. The molecule has 0 heterocycles. The number of aliphatic hydroxyl groups is 1. The van der Waals surface area contributed by atoms with Crippen molar-refractivity contribution in [1.29, 1.82) is 0 Å². The third kappa shape index (κ3) is 6.72. The Morgan fingerprint density at radius 1 is 1.31 bits per heavy atom. The molecule has 6 nitrogen and oxygen atoms in total. The second-order valence-electron chi connectivity index (χ2n) is 6.15. The number of esters is 1. The standard InChI is InChI=1S/C18H26ClNO5S/c1-4-25-18(22)6-5-11-20(16(13-21)12-14(2)3)26(23,24)17-9-7-15(19)8-10-17/h5-10,14,16,21H,4,11-13H2,1-3H3/b6-5+/t16-/m1/s1. The molecular formula is C18H26ClNO5S. The number of nitrogens with zero attached hydrogens (tertiary/aromatic N) is 1. The number of hydrogen-bond acceptors (Lipinski definition) is 5. The maximum atomic E-state index is 13.0. The van der Waals surface area contributed by atoms with Gasteiger partial charge in [0, 0.05) is 23.7 Å². The van der Waals surface area contributed by atoms with Crippen LogP contribution >= 0.6 is 11.6 Å². The Morgan fingerprint density at radius 3 is 2.42 bits per heavy atom. The van der Waals surface area contributed by atoms with E-state index in [0.29, 0.717) is 11.4 Å². The van der Waals surface area contributed by atoms with Gasteiger partial charge in [0.05, 0.1) is 18.1 Å². The highest BCUT2D eigenvalue weighted by atomic mass is 35.5. The smallest absolute Gasteiger partial charge is 0.330 e. The van der Waals surface area contributed by atoms with Crippen molar-refractivity contribution in [3.05, 3.63) is 41.4 Å². The van der Waals surface area contributed by atoms with E-state index in [-0.39, 0.29) is 30.6 Å². The Morgan fingerprint density at radius 2 is 1.92 bits per heavy atom. The molecule has 0 unspecified atom stereocenters. The molecule has 0 aliphatic heterocycles. The minimum Gasteiger partial charge on any atom is -0.463 e. The number of carbonyl (C=O) groups is 1. The van der Waals surface area contributed by atoms with Crippen molar-refractivity contribution in [1.82, 2.24) is 4.31 Å². The highest BCUT2D eigenvalue weighted by Crippen LogP contribution is 2.23. The summed E-state index contributed by atoms with van der Waals surface area (Å²) in [6.45, 7) is 5.45. The van der Waals surface area contributed by atoms with Crippen LogP contribution in [0.15, 0.2) is 41.3 Å². The summed E-state index contributed by atoms with van der Waals surface area (Å²) in [6.07, 6.45) is 3.10. The van der Waals surface area contributed by atoms with E-state index in [1.54, 1.807) is 6.92 Å².